The highest BCUT2D eigenvalue weighted by Gasteiger charge is 2.31. The first-order valence-electron chi connectivity index (χ1n) is 8.07. The number of amides is 2. The summed E-state index contributed by atoms with van der Waals surface area (Å²) in [7, 11) is -3.23. The molecule has 1 aliphatic rings. The van der Waals surface area contributed by atoms with Crippen molar-refractivity contribution in [2.24, 2.45) is 5.92 Å². The molecule has 2 unspecified atom stereocenters. The van der Waals surface area contributed by atoms with Crippen molar-refractivity contribution in [3.05, 3.63) is 35.9 Å². The summed E-state index contributed by atoms with van der Waals surface area (Å²) in [5, 5.41) is 2.71. The third kappa shape index (κ3) is 5.33. The van der Waals surface area contributed by atoms with Crippen LogP contribution in [0.25, 0.3) is 0 Å². The molecule has 0 aliphatic carbocycles. The van der Waals surface area contributed by atoms with Gasteiger partial charge >= 0.3 is 0 Å². The first kappa shape index (κ1) is 18.4. The number of hydrogen-bond acceptors (Lipinski definition) is 4. The Morgan fingerprint density at radius 2 is 2.00 bits per heavy atom. The van der Waals surface area contributed by atoms with Crippen LogP contribution in [0.1, 0.15) is 25.3 Å². The second kappa shape index (κ2) is 7.79. The van der Waals surface area contributed by atoms with Crippen LogP contribution in [0.4, 0.5) is 0 Å². The lowest BCUT2D eigenvalue weighted by Gasteiger charge is -2.33. The van der Waals surface area contributed by atoms with E-state index in [-0.39, 0.29) is 17.6 Å². The summed E-state index contributed by atoms with van der Waals surface area (Å²) in [6.45, 7) is 2.75. The van der Waals surface area contributed by atoms with Crippen molar-refractivity contribution in [3.8, 4) is 0 Å². The highest BCUT2D eigenvalue weighted by atomic mass is 32.2. The lowest BCUT2D eigenvalue weighted by atomic mass is 10.0. The molecule has 2 amide bonds. The van der Waals surface area contributed by atoms with E-state index in [0.717, 1.165) is 18.2 Å². The molecule has 0 spiro atoms. The van der Waals surface area contributed by atoms with Gasteiger partial charge in [-0.3, -0.25) is 9.59 Å². The van der Waals surface area contributed by atoms with Crippen molar-refractivity contribution in [1.82, 2.24) is 10.2 Å². The van der Waals surface area contributed by atoms with Gasteiger partial charge in [0.1, 0.15) is 15.9 Å². The van der Waals surface area contributed by atoms with Crippen molar-refractivity contribution in [3.63, 3.8) is 0 Å². The van der Waals surface area contributed by atoms with Crippen LogP contribution in [0.3, 0.4) is 0 Å². The number of rotatable bonds is 6. The van der Waals surface area contributed by atoms with Crippen LogP contribution in [0, 0.1) is 5.92 Å². The molecule has 1 heterocycles. The average Bonchev–Trinajstić information content (AvgIpc) is 2.50. The number of nitrogens with zero attached hydrogens (tertiary/aromatic N) is 1. The maximum absolute atomic E-state index is 12.6. The number of sulfone groups is 1. The van der Waals surface area contributed by atoms with E-state index in [1.165, 1.54) is 0 Å². The summed E-state index contributed by atoms with van der Waals surface area (Å²) in [5.41, 5.74) is 1.04. The highest BCUT2D eigenvalue weighted by Crippen LogP contribution is 2.16. The minimum atomic E-state index is -3.23. The van der Waals surface area contributed by atoms with Crippen LogP contribution in [0.15, 0.2) is 30.3 Å². The molecule has 6 nitrogen and oxygen atoms in total. The summed E-state index contributed by atoms with van der Waals surface area (Å²) in [5.74, 6) is -1.38. The van der Waals surface area contributed by atoms with Crippen LogP contribution in [0.2, 0.25) is 0 Å². The van der Waals surface area contributed by atoms with E-state index in [9.17, 15) is 18.0 Å². The number of carbonyl (C=O) groups excluding carboxylic acids is 2. The topological polar surface area (TPSA) is 83.6 Å². The molecule has 0 saturated carbocycles. The Morgan fingerprint density at radius 1 is 1.33 bits per heavy atom. The summed E-state index contributed by atoms with van der Waals surface area (Å²) < 4.78 is 22.6. The molecule has 1 saturated heterocycles. The molecule has 0 aromatic heterocycles. The van der Waals surface area contributed by atoms with Crippen molar-refractivity contribution in [1.29, 1.82) is 0 Å². The quantitative estimate of drug-likeness (QED) is 0.827. The molecule has 0 bridgehead atoms. The van der Waals surface area contributed by atoms with E-state index in [1.54, 1.807) is 11.8 Å². The molecule has 1 N–H and O–H groups in total. The minimum absolute atomic E-state index is 0.106. The van der Waals surface area contributed by atoms with Gasteiger partial charge in [0.15, 0.2) is 0 Å². The Kier molecular flexibility index (Phi) is 5.99. The van der Waals surface area contributed by atoms with Crippen molar-refractivity contribution in [2.45, 2.75) is 32.4 Å². The van der Waals surface area contributed by atoms with E-state index in [1.807, 2.05) is 30.3 Å². The van der Waals surface area contributed by atoms with Gasteiger partial charge in [0.2, 0.25) is 11.8 Å². The fraction of sp³-hybridized carbons (Fsp3) is 0.529. The third-order valence-electron chi connectivity index (χ3n) is 4.06. The van der Waals surface area contributed by atoms with Crippen LogP contribution in [-0.2, 0) is 26.0 Å². The fourth-order valence-electron chi connectivity index (χ4n) is 2.88. The van der Waals surface area contributed by atoms with E-state index < -0.39 is 21.8 Å². The van der Waals surface area contributed by atoms with Gasteiger partial charge in [0.25, 0.3) is 0 Å². The normalized spacial score (nSPS) is 19.8. The van der Waals surface area contributed by atoms with E-state index in [2.05, 4.69) is 5.32 Å². The van der Waals surface area contributed by atoms with Crippen LogP contribution < -0.4 is 5.32 Å². The number of nitrogens with one attached hydrogen (secondary N) is 1. The Bertz CT molecular complexity index is 688. The Balaban J connectivity index is 1.96. The third-order valence-corrected chi connectivity index (χ3v) is 5.17. The largest absolute Gasteiger partial charge is 0.344 e. The molecule has 7 heteroatoms. The zero-order chi connectivity index (χ0) is 17.7. The van der Waals surface area contributed by atoms with Gasteiger partial charge in [-0.2, -0.15) is 0 Å². The zero-order valence-corrected chi connectivity index (χ0v) is 14.9. The maximum Gasteiger partial charge on any atom is 0.245 e. The Morgan fingerprint density at radius 3 is 2.62 bits per heavy atom. The molecule has 2 atom stereocenters. The molecule has 132 valence electrons. The van der Waals surface area contributed by atoms with Crippen molar-refractivity contribution < 1.29 is 18.0 Å². The molecule has 24 heavy (non-hydrogen) atoms. The molecule has 1 aromatic rings. The van der Waals surface area contributed by atoms with Gasteiger partial charge in [0.05, 0.1) is 5.75 Å². The fourth-order valence-corrected chi connectivity index (χ4v) is 3.94. The average molecular weight is 352 g/mol. The molecule has 1 aliphatic heterocycles. The van der Waals surface area contributed by atoms with Gasteiger partial charge in [-0.05, 0) is 18.4 Å². The summed E-state index contributed by atoms with van der Waals surface area (Å²) in [6.07, 6.45) is 2.50. The van der Waals surface area contributed by atoms with Gasteiger partial charge in [-0.25, -0.2) is 8.42 Å². The molecule has 0 radical (unpaired) electrons. The van der Waals surface area contributed by atoms with Crippen molar-refractivity contribution in [2.75, 3.05) is 18.6 Å². The number of likely N-dealkylation sites (tertiary alicyclic amines) is 1. The van der Waals surface area contributed by atoms with Crippen molar-refractivity contribution >= 4 is 21.7 Å². The minimum Gasteiger partial charge on any atom is -0.344 e. The first-order valence-corrected chi connectivity index (χ1v) is 10.1. The first-order chi connectivity index (χ1) is 11.3. The number of benzene rings is 1. The highest BCUT2D eigenvalue weighted by molar-refractivity contribution is 7.90. The Hall–Kier alpha value is -1.89. The SMILES string of the molecule is CC(CS(C)(=O)=O)C(=O)NC1CCCN(Cc2ccccc2)C1=O. The van der Waals surface area contributed by atoms with E-state index >= 15 is 0 Å². The zero-order valence-electron chi connectivity index (χ0n) is 14.1. The lowest BCUT2D eigenvalue weighted by molar-refractivity contribution is -0.140. The standard InChI is InChI=1S/C17H24N2O4S/c1-13(12-24(2,22)23)16(20)18-15-9-6-10-19(17(15)21)11-14-7-4-3-5-8-14/h3-5,7-8,13,15H,6,9-12H2,1-2H3,(H,18,20). The molecule has 2 rings (SSSR count). The summed E-state index contributed by atoms with van der Waals surface area (Å²) in [4.78, 5) is 26.5. The predicted molar refractivity (Wildman–Crippen MR) is 91.9 cm³/mol. The molecular weight excluding hydrogens is 328 g/mol. The van der Waals surface area contributed by atoms with Gasteiger partial charge in [0, 0.05) is 25.3 Å². The Labute approximate surface area is 143 Å². The molecule has 1 aromatic carbocycles. The van der Waals surface area contributed by atoms with Gasteiger partial charge < -0.3 is 10.2 Å². The van der Waals surface area contributed by atoms with Crippen LogP contribution >= 0.6 is 0 Å². The number of carbonyl (C=O) groups is 2. The second-order valence-corrected chi connectivity index (χ2v) is 8.63. The van der Waals surface area contributed by atoms with Gasteiger partial charge in [-0.1, -0.05) is 37.3 Å². The second-order valence-electron chi connectivity index (χ2n) is 6.44. The number of piperidine rings is 1. The molecular formula is C17H24N2O4S. The van der Waals surface area contributed by atoms with Gasteiger partial charge in [-0.15, -0.1) is 0 Å². The smallest absolute Gasteiger partial charge is 0.245 e. The van der Waals surface area contributed by atoms with Crippen LogP contribution in [-0.4, -0.2) is 49.7 Å². The lowest BCUT2D eigenvalue weighted by Crippen LogP contribution is -2.53. The predicted octanol–water partition coefficient (Wildman–Crippen LogP) is 0.975. The van der Waals surface area contributed by atoms with E-state index in [0.29, 0.717) is 19.5 Å². The summed E-state index contributed by atoms with van der Waals surface area (Å²) >= 11 is 0. The monoisotopic (exact) mass is 352 g/mol. The summed E-state index contributed by atoms with van der Waals surface area (Å²) in [6, 6.07) is 9.13. The number of hydrogen-bond donors (Lipinski definition) is 1. The maximum atomic E-state index is 12.6. The van der Waals surface area contributed by atoms with Crippen LogP contribution in [0.5, 0.6) is 0 Å². The van der Waals surface area contributed by atoms with E-state index in [4.69, 9.17) is 0 Å². The molecule has 1 fully saturated rings.